The van der Waals surface area contributed by atoms with Crippen molar-refractivity contribution in [3.8, 4) is 0 Å². The number of nitrogens with zero attached hydrogens (tertiary/aromatic N) is 1. The van der Waals surface area contributed by atoms with E-state index < -0.39 is 0 Å². The Morgan fingerprint density at radius 2 is 1.85 bits per heavy atom. The Kier molecular flexibility index (Phi) is 9.72. The third-order valence-electron chi connectivity index (χ3n) is 3.91. The molecule has 5 nitrogen and oxygen atoms in total. The fraction of sp³-hybridized carbons (Fsp3) is 0.300. The first-order valence-electron chi connectivity index (χ1n) is 8.53. The van der Waals surface area contributed by atoms with E-state index >= 15 is 0 Å². The first-order valence-corrected chi connectivity index (χ1v) is 8.53. The number of nitrogens with one attached hydrogen (secondary N) is 3. The minimum atomic E-state index is -0.108. The number of carbonyl (C=O) groups is 1. The molecule has 0 bridgehead atoms. The van der Waals surface area contributed by atoms with Crippen LogP contribution in [0.3, 0.4) is 0 Å². The number of benzene rings is 2. The SMILES string of the molecule is CCc1cccc(NC(=O)CNC(=NC)NC(C)c2ccccc2)c1.I. The predicted octanol–water partition coefficient (Wildman–Crippen LogP) is 3.73. The van der Waals surface area contributed by atoms with Gasteiger partial charge in [0.25, 0.3) is 0 Å². The lowest BCUT2D eigenvalue weighted by Crippen LogP contribution is -2.42. The summed E-state index contributed by atoms with van der Waals surface area (Å²) in [5.41, 5.74) is 3.16. The largest absolute Gasteiger partial charge is 0.350 e. The third-order valence-corrected chi connectivity index (χ3v) is 3.91. The molecule has 140 valence electrons. The molecule has 1 atom stereocenters. The van der Waals surface area contributed by atoms with Crippen LogP contribution in [0.4, 0.5) is 5.69 Å². The standard InChI is InChI=1S/C20H26N4O.HI/c1-4-16-9-8-12-18(13-16)24-19(25)14-22-20(21-3)23-15(2)17-10-6-5-7-11-17;/h5-13,15H,4,14H2,1-3H3,(H,24,25)(H2,21,22,23);1H. The summed E-state index contributed by atoms with van der Waals surface area (Å²) in [6, 6.07) is 18.1. The molecule has 1 amide bonds. The minimum Gasteiger partial charge on any atom is -0.350 e. The average molecular weight is 466 g/mol. The summed E-state index contributed by atoms with van der Waals surface area (Å²) in [6.45, 7) is 4.29. The van der Waals surface area contributed by atoms with Crippen molar-refractivity contribution in [2.75, 3.05) is 18.9 Å². The number of aliphatic imine (C=N–C) groups is 1. The average Bonchev–Trinajstić information content (AvgIpc) is 2.65. The van der Waals surface area contributed by atoms with E-state index in [0.29, 0.717) is 5.96 Å². The second-order valence-corrected chi connectivity index (χ2v) is 5.80. The van der Waals surface area contributed by atoms with Gasteiger partial charge in [-0.3, -0.25) is 9.79 Å². The highest BCUT2D eigenvalue weighted by Gasteiger charge is 2.09. The summed E-state index contributed by atoms with van der Waals surface area (Å²) in [7, 11) is 1.69. The molecule has 2 rings (SSSR count). The van der Waals surface area contributed by atoms with Crippen molar-refractivity contribution in [3.63, 3.8) is 0 Å². The Balaban J connectivity index is 0.00000338. The summed E-state index contributed by atoms with van der Waals surface area (Å²) < 4.78 is 0. The predicted molar refractivity (Wildman–Crippen MR) is 119 cm³/mol. The van der Waals surface area contributed by atoms with Gasteiger partial charge in [-0.1, -0.05) is 49.4 Å². The maximum atomic E-state index is 12.1. The van der Waals surface area contributed by atoms with Crippen LogP contribution in [0.15, 0.2) is 59.6 Å². The Morgan fingerprint density at radius 3 is 2.50 bits per heavy atom. The van der Waals surface area contributed by atoms with E-state index in [9.17, 15) is 4.79 Å². The molecule has 0 aliphatic rings. The van der Waals surface area contributed by atoms with E-state index in [4.69, 9.17) is 0 Å². The monoisotopic (exact) mass is 466 g/mol. The molecule has 0 heterocycles. The van der Waals surface area contributed by atoms with Gasteiger partial charge in [0.2, 0.25) is 5.91 Å². The van der Waals surface area contributed by atoms with Crippen molar-refractivity contribution in [2.45, 2.75) is 26.3 Å². The highest BCUT2D eigenvalue weighted by atomic mass is 127. The Morgan fingerprint density at radius 1 is 1.12 bits per heavy atom. The number of rotatable bonds is 6. The van der Waals surface area contributed by atoms with Crippen LogP contribution in [-0.4, -0.2) is 25.5 Å². The van der Waals surface area contributed by atoms with Gasteiger partial charge < -0.3 is 16.0 Å². The molecule has 0 fully saturated rings. The van der Waals surface area contributed by atoms with Crippen molar-refractivity contribution in [1.82, 2.24) is 10.6 Å². The molecule has 0 radical (unpaired) electrons. The number of guanidine groups is 1. The van der Waals surface area contributed by atoms with Gasteiger partial charge in [0.1, 0.15) is 0 Å². The number of amides is 1. The minimum absolute atomic E-state index is 0. The zero-order chi connectivity index (χ0) is 18.1. The smallest absolute Gasteiger partial charge is 0.243 e. The van der Waals surface area contributed by atoms with Crippen LogP contribution < -0.4 is 16.0 Å². The number of anilines is 1. The lowest BCUT2D eigenvalue weighted by molar-refractivity contribution is -0.115. The van der Waals surface area contributed by atoms with Crippen LogP contribution in [0.5, 0.6) is 0 Å². The summed E-state index contributed by atoms with van der Waals surface area (Å²) in [5, 5.41) is 9.22. The number of aryl methyl sites for hydroxylation is 1. The first kappa shape index (κ1) is 22.0. The quantitative estimate of drug-likeness (QED) is 0.346. The van der Waals surface area contributed by atoms with Gasteiger partial charge in [-0.15, -0.1) is 24.0 Å². The van der Waals surface area contributed by atoms with Crippen LogP contribution in [0.1, 0.15) is 31.0 Å². The summed E-state index contributed by atoms with van der Waals surface area (Å²) in [4.78, 5) is 16.3. The molecule has 0 aliphatic heterocycles. The molecule has 0 aromatic heterocycles. The van der Waals surface area contributed by atoms with Crippen molar-refractivity contribution < 1.29 is 4.79 Å². The van der Waals surface area contributed by atoms with Gasteiger partial charge in [0, 0.05) is 12.7 Å². The summed E-state index contributed by atoms with van der Waals surface area (Å²) in [5.74, 6) is 0.484. The van der Waals surface area contributed by atoms with Crippen LogP contribution in [0, 0.1) is 0 Å². The van der Waals surface area contributed by atoms with E-state index in [2.05, 4.69) is 46.9 Å². The van der Waals surface area contributed by atoms with Gasteiger partial charge in [-0.2, -0.15) is 0 Å². The van der Waals surface area contributed by atoms with Gasteiger partial charge in [0.05, 0.1) is 12.6 Å². The van der Waals surface area contributed by atoms with Crippen LogP contribution >= 0.6 is 24.0 Å². The molecule has 2 aromatic rings. The topological polar surface area (TPSA) is 65.5 Å². The summed E-state index contributed by atoms with van der Waals surface area (Å²) >= 11 is 0. The molecule has 6 heteroatoms. The zero-order valence-electron chi connectivity index (χ0n) is 15.5. The van der Waals surface area contributed by atoms with Crippen molar-refractivity contribution in [3.05, 3.63) is 65.7 Å². The molecular weight excluding hydrogens is 439 g/mol. The molecule has 0 spiro atoms. The van der Waals surface area contributed by atoms with Gasteiger partial charge in [-0.05, 0) is 36.6 Å². The van der Waals surface area contributed by atoms with E-state index in [1.807, 2.05) is 42.5 Å². The maximum absolute atomic E-state index is 12.1. The molecule has 2 aromatic carbocycles. The van der Waals surface area contributed by atoms with Gasteiger partial charge in [0.15, 0.2) is 5.96 Å². The molecule has 1 unspecified atom stereocenters. The van der Waals surface area contributed by atoms with E-state index in [-0.39, 0.29) is 42.5 Å². The Bertz CT molecular complexity index is 719. The highest BCUT2D eigenvalue weighted by molar-refractivity contribution is 14.0. The zero-order valence-corrected chi connectivity index (χ0v) is 17.8. The molecule has 0 saturated carbocycles. The fourth-order valence-electron chi connectivity index (χ4n) is 2.46. The van der Waals surface area contributed by atoms with E-state index in [1.54, 1.807) is 7.05 Å². The molecular formula is C20H27IN4O. The van der Waals surface area contributed by atoms with Crippen molar-refractivity contribution in [1.29, 1.82) is 0 Å². The van der Waals surface area contributed by atoms with Crippen LogP contribution in [-0.2, 0) is 11.2 Å². The van der Waals surface area contributed by atoms with E-state index in [1.165, 1.54) is 5.56 Å². The van der Waals surface area contributed by atoms with E-state index in [0.717, 1.165) is 17.7 Å². The van der Waals surface area contributed by atoms with Crippen molar-refractivity contribution in [2.24, 2.45) is 4.99 Å². The molecule has 0 saturated heterocycles. The van der Waals surface area contributed by atoms with Gasteiger partial charge in [-0.25, -0.2) is 0 Å². The summed E-state index contributed by atoms with van der Waals surface area (Å²) in [6.07, 6.45) is 0.940. The fourth-order valence-corrected chi connectivity index (χ4v) is 2.46. The highest BCUT2D eigenvalue weighted by Crippen LogP contribution is 2.11. The Hall–Kier alpha value is -2.09. The second kappa shape index (κ2) is 11.5. The van der Waals surface area contributed by atoms with Crippen LogP contribution in [0.25, 0.3) is 0 Å². The number of halogens is 1. The normalized spacial score (nSPS) is 11.9. The second-order valence-electron chi connectivity index (χ2n) is 5.80. The molecule has 26 heavy (non-hydrogen) atoms. The van der Waals surface area contributed by atoms with Gasteiger partial charge >= 0.3 is 0 Å². The first-order chi connectivity index (χ1) is 12.1. The molecule has 3 N–H and O–H groups in total. The van der Waals surface area contributed by atoms with Crippen LogP contribution in [0.2, 0.25) is 0 Å². The number of hydrogen-bond donors (Lipinski definition) is 3. The molecule has 0 aliphatic carbocycles. The Labute approximate surface area is 172 Å². The lowest BCUT2D eigenvalue weighted by Gasteiger charge is -2.18. The number of hydrogen-bond acceptors (Lipinski definition) is 2. The lowest BCUT2D eigenvalue weighted by atomic mass is 10.1. The maximum Gasteiger partial charge on any atom is 0.243 e. The number of carbonyl (C=O) groups excluding carboxylic acids is 1. The van der Waals surface area contributed by atoms with Crippen molar-refractivity contribution >= 4 is 41.5 Å². The third kappa shape index (κ3) is 7.03.